The van der Waals surface area contributed by atoms with Gasteiger partial charge in [0.05, 0.1) is 18.3 Å². The van der Waals surface area contributed by atoms with Crippen LogP contribution < -0.4 is 4.74 Å². The van der Waals surface area contributed by atoms with Crippen molar-refractivity contribution in [2.24, 2.45) is 0 Å². The zero-order chi connectivity index (χ0) is 13.0. The maximum atomic E-state index is 9.48. The maximum absolute atomic E-state index is 9.48. The molecule has 0 fully saturated rings. The van der Waals surface area contributed by atoms with Crippen molar-refractivity contribution in [2.45, 2.75) is 6.10 Å². The van der Waals surface area contributed by atoms with Crippen LogP contribution in [0.2, 0.25) is 5.02 Å². The molecule has 2 aromatic rings. The number of pyridine rings is 1. The molecule has 0 spiro atoms. The fourth-order valence-corrected chi connectivity index (χ4v) is 1.77. The summed E-state index contributed by atoms with van der Waals surface area (Å²) >= 11 is 5.91. The van der Waals surface area contributed by atoms with Gasteiger partial charge >= 0.3 is 0 Å². The van der Waals surface area contributed by atoms with Crippen molar-refractivity contribution < 1.29 is 14.6 Å². The van der Waals surface area contributed by atoms with Crippen LogP contribution in [0.25, 0.3) is 10.9 Å². The van der Waals surface area contributed by atoms with Gasteiger partial charge in [-0.15, -0.1) is 0 Å². The molecule has 1 aromatic heterocycles. The first-order chi connectivity index (χ1) is 8.69. The number of rotatable bonds is 5. The fourth-order valence-electron chi connectivity index (χ4n) is 1.59. The van der Waals surface area contributed by atoms with E-state index in [4.69, 9.17) is 21.1 Å². The van der Waals surface area contributed by atoms with Crippen LogP contribution in [-0.2, 0) is 4.74 Å². The molecule has 0 radical (unpaired) electrons. The minimum Gasteiger partial charge on any atom is -0.489 e. The first-order valence-electron chi connectivity index (χ1n) is 5.54. The first kappa shape index (κ1) is 13.1. The van der Waals surface area contributed by atoms with Crippen molar-refractivity contribution in [3.8, 4) is 5.75 Å². The normalized spacial score (nSPS) is 12.6. The van der Waals surface area contributed by atoms with Crippen molar-refractivity contribution in [1.82, 2.24) is 4.98 Å². The van der Waals surface area contributed by atoms with E-state index in [2.05, 4.69) is 4.98 Å². The number of methoxy groups -OCH3 is 1. The largest absolute Gasteiger partial charge is 0.489 e. The van der Waals surface area contributed by atoms with Crippen molar-refractivity contribution in [2.75, 3.05) is 20.3 Å². The maximum Gasteiger partial charge on any atom is 0.138 e. The Kier molecular flexibility index (Phi) is 4.36. The summed E-state index contributed by atoms with van der Waals surface area (Å²) in [5, 5.41) is 11.0. The molecule has 96 valence electrons. The summed E-state index contributed by atoms with van der Waals surface area (Å²) in [5.74, 6) is 0.597. The average molecular weight is 268 g/mol. The molecule has 4 nitrogen and oxygen atoms in total. The van der Waals surface area contributed by atoms with Crippen LogP contribution in [0.1, 0.15) is 0 Å². The molecular weight excluding hydrogens is 254 g/mol. The lowest BCUT2D eigenvalue weighted by Gasteiger charge is -2.11. The summed E-state index contributed by atoms with van der Waals surface area (Å²) in [6.07, 6.45) is 0.973. The summed E-state index contributed by atoms with van der Waals surface area (Å²) in [6.45, 7) is 0.411. The van der Waals surface area contributed by atoms with Crippen molar-refractivity contribution in [1.29, 1.82) is 0 Å². The predicted octanol–water partition coefficient (Wildman–Crippen LogP) is 2.27. The van der Waals surface area contributed by atoms with E-state index in [0.717, 1.165) is 10.9 Å². The molecule has 1 heterocycles. The molecule has 0 aliphatic rings. The predicted molar refractivity (Wildman–Crippen MR) is 70.1 cm³/mol. The van der Waals surface area contributed by atoms with Crippen LogP contribution >= 0.6 is 11.6 Å². The topological polar surface area (TPSA) is 51.6 Å². The third-order valence-electron chi connectivity index (χ3n) is 2.42. The number of ether oxygens (including phenoxy) is 2. The highest BCUT2D eigenvalue weighted by atomic mass is 35.5. The lowest BCUT2D eigenvalue weighted by atomic mass is 10.2. The summed E-state index contributed by atoms with van der Waals surface area (Å²) in [4.78, 5) is 4.25. The van der Waals surface area contributed by atoms with Gasteiger partial charge in [-0.3, -0.25) is 4.98 Å². The minimum atomic E-state index is -0.648. The quantitative estimate of drug-likeness (QED) is 0.903. The van der Waals surface area contributed by atoms with Crippen molar-refractivity contribution >= 4 is 22.5 Å². The molecular formula is C13H14ClNO3. The highest BCUT2D eigenvalue weighted by Crippen LogP contribution is 2.21. The van der Waals surface area contributed by atoms with Crippen LogP contribution in [0, 0.1) is 0 Å². The molecule has 2 rings (SSSR count). The van der Waals surface area contributed by atoms with Gasteiger partial charge in [-0.1, -0.05) is 11.6 Å². The number of benzene rings is 1. The number of aliphatic hydroxyl groups is 1. The zero-order valence-electron chi connectivity index (χ0n) is 9.97. The van der Waals surface area contributed by atoms with Gasteiger partial charge in [-0.2, -0.15) is 0 Å². The van der Waals surface area contributed by atoms with Gasteiger partial charge in [0.25, 0.3) is 0 Å². The third kappa shape index (κ3) is 3.32. The van der Waals surface area contributed by atoms with Gasteiger partial charge < -0.3 is 14.6 Å². The van der Waals surface area contributed by atoms with E-state index in [1.54, 1.807) is 12.3 Å². The van der Waals surface area contributed by atoms with Crippen molar-refractivity contribution in [3.05, 3.63) is 35.5 Å². The SMILES string of the molecule is COC[C@H](O)COc1cnc2ccc(Cl)cc2c1. The van der Waals surface area contributed by atoms with Crippen LogP contribution in [0.5, 0.6) is 5.75 Å². The number of fused-ring (bicyclic) bond motifs is 1. The summed E-state index contributed by atoms with van der Waals surface area (Å²) in [5.41, 5.74) is 0.851. The second-order valence-electron chi connectivity index (χ2n) is 3.93. The lowest BCUT2D eigenvalue weighted by Crippen LogP contribution is -2.22. The summed E-state index contributed by atoms with van der Waals surface area (Å²) < 4.78 is 10.2. The number of nitrogens with zero attached hydrogens (tertiary/aromatic N) is 1. The molecule has 0 unspecified atom stereocenters. The Balaban J connectivity index is 2.09. The highest BCUT2D eigenvalue weighted by molar-refractivity contribution is 6.31. The van der Waals surface area contributed by atoms with E-state index in [0.29, 0.717) is 10.8 Å². The fraction of sp³-hybridized carbons (Fsp3) is 0.308. The number of aliphatic hydroxyl groups excluding tert-OH is 1. The van der Waals surface area contributed by atoms with Gasteiger partial charge in [0, 0.05) is 17.5 Å². The molecule has 1 N–H and O–H groups in total. The smallest absolute Gasteiger partial charge is 0.138 e. The Morgan fingerprint density at radius 2 is 2.17 bits per heavy atom. The Bertz CT molecular complexity index is 533. The molecule has 0 amide bonds. The Morgan fingerprint density at radius 3 is 2.94 bits per heavy atom. The van der Waals surface area contributed by atoms with E-state index in [1.807, 2.05) is 18.2 Å². The monoisotopic (exact) mass is 267 g/mol. The minimum absolute atomic E-state index is 0.168. The standard InChI is InChI=1S/C13H14ClNO3/c1-17-7-11(16)8-18-12-5-9-4-10(14)2-3-13(9)15-6-12/h2-6,11,16H,7-8H2,1H3/t11-/m0/s1. The number of hydrogen-bond donors (Lipinski definition) is 1. The Hall–Kier alpha value is -1.36. The summed E-state index contributed by atoms with van der Waals surface area (Å²) in [7, 11) is 1.53. The van der Waals surface area contributed by atoms with E-state index in [9.17, 15) is 5.11 Å². The zero-order valence-corrected chi connectivity index (χ0v) is 10.7. The van der Waals surface area contributed by atoms with E-state index in [-0.39, 0.29) is 13.2 Å². The molecule has 0 aliphatic carbocycles. The Morgan fingerprint density at radius 1 is 1.33 bits per heavy atom. The van der Waals surface area contributed by atoms with E-state index >= 15 is 0 Å². The number of halogens is 1. The summed E-state index contributed by atoms with van der Waals surface area (Å²) in [6, 6.07) is 7.30. The van der Waals surface area contributed by atoms with E-state index in [1.165, 1.54) is 7.11 Å². The molecule has 18 heavy (non-hydrogen) atoms. The molecule has 5 heteroatoms. The number of hydrogen-bond acceptors (Lipinski definition) is 4. The first-order valence-corrected chi connectivity index (χ1v) is 5.92. The van der Waals surface area contributed by atoms with Crippen molar-refractivity contribution in [3.63, 3.8) is 0 Å². The van der Waals surface area contributed by atoms with Crippen LogP contribution in [-0.4, -0.2) is 36.5 Å². The van der Waals surface area contributed by atoms with Crippen LogP contribution in [0.15, 0.2) is 30.5 Å². The van der Waals surface area contributed by atoms with Gasteiger partial charge in [0.2, 0.25) is 0 Å². The second-order valence-corrected chi connectivity index (χ2v) is 4.36. The molecule has 0 saturated heterocycles. The van der Waals surface area contributed by atoms with Gasteiger partial charge in [-0.25, -0.2) is 0 Å². The molecule has 1 aromatic carbocycles. The highest BCUT2D eigenvalue weighted by Gasteiger charge is 2.05. The van der Waals surface area contributed by atoms with E-state index < -0.39 is 6.10 Å². The third-order valence-corrected chi connectivity index (χ3v) is 2.65. The van der Waals surface area contributed by atoms with Crippen LogP contribution in [0.4, 0.5) is 0 Å². The average Bonchev–Trinajstić information content (AvgIpc) is 2.36. The van der Waals surface area contributed by atoms with Crippen LogP contribution in [0.3, 0.4) is 0 Å². The Labute approximate surface area is 110 Å². The molecule has 0 bridgehead atoms. The molecule has 1 atom stereocenters. The molecule has 0 aliphatic heterocycles. The second kappa shape index (κ2) is 6.00. The van der Waals surface area contributed by atoms with Gasteiger partial charge in [0.15, 0.2) is 0 Å². The lowest BCUT2D eigenvalue weighted by molar-refractivity contribution is 0.0325. The van der Waals surface area contributed by atoms with Gasteiger partial charge in [0.1, 0.15) is 18.5 Å². The molecule has 0 saturated carbocycles. The number of aromatic nitrogens is 1. The van der Waals surface area contributed by atoms with Gasteiger partial charge in [-0.05, 0) is 24.3 Å².